The lowest BCUT2D eigenvalue weighted by Crippen LogP contribution is -2.12. The summed E-state index contributed by atoms with van der Waals surface area (Å²) in [6.45, 7) is 0. The summed E-state index contributed by atoms with van der Waals surface area (Å²) in [7, 11) is -3.95. The number of nitro benzene ring substituents is 1. The number of nitrogens with two attached hydrogens (primary N) is 1. The monoisotopic (exact) mass is 250 g/mol. The van der Waals surface area contributed by atoms with Crippen molar-refractivity contribution in [2.24, 2.45) is 5.14 Å². The SMILES string of the molecule is NS(=O)(=O)c1cc(CCl)cc([N+](=O)[O-])c1. The zero-order valence-corrected chi connectivity index (χ0v) is 8.96. The molecular weight excluding hydrogens is 244 g/mol. The van der Waals surface area contributed by atoms with Crippen LogP contribution in [0.5, 0.6) is 0 Å². The summed E-state index contributed by atoms with van der Waals surface area (Å²) in [4.78, 5) is 9.46. The van der Waals surface area contributed by atoms with Gasteiger partial charge in [-0.2, -0.15) is 0 Å². The summed E-state index contributed by atoms with van der Waals surface area (Å²) < 4.78 is 22.0. The van der Waals surface area contributed by atoms with Gasteiger partial charge in [0, 0.05) is 18.0 Å². The highest BCUT2D eigenvalue weighted by Gasteiger charge is 2.15. The van der Waals surface area contributed by atoms with Crippen LogP contribution >= 0.6 is 11.6 Å². The Morgan fingerprint density at radius 2 is 2.00 bits per heavy atom. The van der Waals surface area contributed by atoms with E-state index in [1.165, 1.54) is 12.1 Å². The predicted octanol–water partition coefficient (Wildman–Crippen LogP) is 0.981. The summed E-state index contributed by atoms with van der Waals surface area (Å²) in [5, 5.41) is 15.3. The number of non-ortho nitro benzene ring substituents is 1. The van der Waals surface area contributed by atoms with E-state index in [1.54, 1.807) is 0 Å². The van der Waals surface area contributed by atoms with Crippen molar-refractivity contribution in [3.63, 3.8) is 0 Å². The molecular formula is C7H7ClN2O4S. The molecule has 0 unspecified atom stereocenters. The number of nitrogens with zero attached hydrogens (tertiary/aromatic N) is 1. The second-order valence-electron chi connectivity index (χ2n) is 2.77. The first-order valence-corrected chi connectivity index (χ1v) is 5.80. The molecule has 0 saturated carbocycles. The lowest BCUT2D eigenvalue weighted by atomic mass is 10.2. The Hall–Kier alpha value is -1.18. The van der Waals surface area contributed by atoms with E-state index < -0.39 is 14.9 Å². The lowest BCUT2D eigenvalue weighted by molar-refractivity contribution is -0.385. The van der Waals surface area contributed by atoms with Gasteiger partial charge in [0.1, 0.15) is 0 Å². The highest BCUT2D eigenvalue weighted by molar-refractivity contribution is 7.89. The normalized spacial score (nSPS) is 11.3. The molecule has 8 heteroatoms. The smallest absolute Gasteiger partial charge is 0.258 e. The Balaban J connectivity index is 3.43. The Morgan fingerprint density at radius 3 is 2.40 bits per heavy atom. The molecule has 0 radical (unpaired) electrons. The Morgan fingerprint density at radius 1 is 1.40 bits per heavy atom. The van der Waals surface area contributed by atoms with Crippen LogP contribution in [-0.4, -0.2) is 13.3 Å². The molecule has 82 valence electrons. The van der Waals surface area contributed by atoms with Crippen molar-refractivity contribution in [1.29, 1.82) is 0 Å². The van der Waals surface area contributed by atoms with Gasteiger partial charge >= 0.3 is 0 Å². The number of nitro groups is 1. The molecule has 6 nitrogen and oxygen atoms in total. The summed E-state index contributed by atoms with van der Waals surface area (Å²) in [6.07, 6.45) is 0. The fraction of sp³-hybridized carbons (Fsp3) is 0.143. The van der Waals surface area contributed by atoms with Gasteiger partial charge in [-0.25, -0.2) is 13.6 Å². The first-order valence-electron chi connectivity index (χ1n) is 3.71. The van der Waals surface area contributed by atoms with Crippen LogP contribution in [0.2, 0.25) is 0 Å². The van der Waals surface area contributed by atoms with E-state index in [0.29, 0.717) is 5.56 Å². The summed E-state index contributed by atoms with van der Waals surface area (Å²) >= 11 is 5.47. The Bertz CT molecular complexity index is 500. The van der Waals surface area contributed by atoms with E-state index in [2.05, 4.69) is 0 Å². The fourth-order valence-electron chi connectivity index (χ4n) is 0.990. The number of hydrogen-bond donors (Lipinski definition) is 1. The number of alkyl halides is 1. The van der Waals surface area contributed by atoms with Crippen LogP contribution < -0.4 is 5.14 Å². The quantitative estimate of drug-likeness (QED) is 0.490. The summed E-state index contributed by atoms with van der Waals surface area (Å²) in [6, 6.07) is 3.29. The van der Waals surface area contributed by atoms with E-state index in [1.807, 2.05) is 0 Å². The van der Waals surface area contributed by atoms with Crippen LogP contribution in [0.1, 0.15) is 5.56 Å². The Labute approximate surface area is 90.9 Å². The van der Waals surface area contributed by atoms with E-state index in [9.17, 15) is 18.5 Å². The molecule has 1 aromatic rings. The van der Waals surface area contributed by atoms with E-state index in [-0.39, 0.29) is 16.5 Å². The minimum absolute atomic E-state index is 0.0236. The van der Waals surface area contributed by atoms with Gasteiger partial charge in [-0.05, 0) is 11.6 Å². The molecule has 0 aliphatic rings. The molecule has 0 aromatic heterocycles. The van der Waals surface area contributed by atoms with Crippen molar-refractivity contribution in [3.8, 4) is 0 Å². The molecule has 0 atom stereocenters. The minimum atomic E-state index is -3.95. The van der Waals surface area contributed by atoms with Crippen LogP contribution in [0, 0.1) is 10.1 Å². The lowest BCUT2D eigenvalue weighted by Gasteiger charge is -2.01. The van der Waals surface area contributed by atoms with E-state index in [4.69, 9.17) is 16.7 Å². The fourth-order valence-corrected chi connectivity index (χ4v) is 1.75. The van der Waals surface area contributed by atoms with Gasteiger partial charge in [0.05, 0.1) is 9.82 Å². The standard InChI is InChI=1S/C7H7ClN2O4S/c8-4-5-1-6(10(11)12)3-7(2-5)15(9,13)14/h1-3H,4H2,(H2,9,13,14). The molecule has 0 spiro atoms. The number of halogens is 1. The third-order valence-corrected chi connectivity index (χ3v) is 2.85. The largest absolute Gasteiger partial charge is 0.271 e. The maximum absolute atomic E-state index is 11.0. The van der Waals surface area contributed by atoms with Gasteiger partial charge in [-0.1, -0.05) is 0 Å². The number of hydrogen-bond acceptors (Lipinski definition) is 4. The van der Waals surface area contributed by atoms with Gasteiger partial charge in [0.2, 0.25) is 10.0 Å². The first kappa shape index (κ1) is 11.9. The predicted molar refractivity (Wildman–Crippen MR) is 54.0 cm³/mol. The topological polar surface area (TPSA) is 103 Å². The Kier molecular flexibility index (Phi) is 3.28. The number of rotatable bonds is 3. The maximum Gasteiger partial charge on any atom is 0.271 e. The van der Waals surface area contributed by atoms with Crippen molar-refractivity contribution >= 4 is 27.3 Å². The third kappa shape index (κ3) is 2.88. The molecule has 2 N–H and O–H groups in total. The molecule has 1 rings (SSSR count). The average Bonchev–Trinajstić information content (AvgIpc) is 2.15. The number of benzene rings is 1. The second kappa shape index (κ2) is 4.13. The van der Waals surface area contributed by atoms with Crippen molar-refractivity contribution < 1.29 is 13.3 Å². The zero-order chi connectivity index (χ0) is 11.6. The minimum Gasteiger partial charge on any atom is -0.258 e. The number of primary sulfonamides is 1. The molecule has 15 heavy (non-hydrogen) atoms. The van der Waals surface area contributed by atoms with Crippen molar-refractivity contribution in [1.82, 2.24) is 0 Å². The van der Waals surface area contributed by atoms with Gasteiger partial charge in [0.25, 0.3) is 5.69 Å². The van der Waals surface area contributed by atoms with Crippen LogP contribution in [0.15, 0.2) is 23.1 Å². The van der Waals surface area contributed by atoms with Crippen molar-refractivity contribution in [3.05, 3.63) is 33.9 Å². The van der Waals surface area contributed by atoms with Crippen LogP contribution in [0.25, 0.3) is 0 Å². The first-order chi connectivity index (χ1) is 6.84. The molecule has 1 aromatic carbocycles. The van der Waals surface area contributed by atoms with Gasteiger partial charge in [-0.3, -0.25) is 10.1 Å². The van der Waals surface area contributed by atoms with E-state index in [0.717, 1.165) is 6.07 Å². The average molecular weight is 251 g/mol. The third-order valence-electron chi connectivity index (χ3n) is 1.64. The van der Waals surface area contributed by atoms with Crippen LogP contribution in [0.3, 0.4) is 0 Å². The zero-order valence-electron chi connectivity index (χ0n) is 7.38. The van der Waals surface area contributed by atoms with Gasteiger partial charge < -0.3 is 0 Å². The van der Waals surface area contributed by atoms with Gasteiger partial charge in [-0.15, -0.1) is 11.6 Å². The molecule has 0 fully saturated rings. The molecule has 0 amide bonds. The maximum atomic E-state index is 11.0. The van der Waals surface area contributed by atoms with Gasteiger partial charge in [0.15, 0.2) is 0 Å². The molecule has 0 bridgehead atoms. The van der Waals surface area contributed by atoms with E-state index >= 15 is 0 Å². The number of sulfonamides is 1. The molecule has 0 heterocycles. The van der Waals surface area contributed by atoms with Crippen molar-refractivity contribution in [2.75, 3.05) is 0 Å². The van der Waals surface area contributed by atoms with Crippen LogP contribution in [0.4, 0.5) is 5.69 Å². The molecule has 0 saturated heterocycles. The highest BCUT2D eigenvalue weighted by atomic mass is 35.5. The summed E-state index contributed by atoms with van der Waals surface area (Å²) in [5.41, 5.74) is -0.0212. The molecule has 0 aliphatic heterocycles. The summed E-state index contributed by atoms with van der Waals surface area (Å²) in [5.74, 6) is -0.0236. The second-order valence-corrected chi connectivity index (χ2v) is 4.60. The van der Waals surface area contributed by atoms with Crippen LogP contribution in [-0.2, 0) is 15.9 Å². The highest BCUT2D eigenvalue weighted by Crippen LogP contribution is 2.20. The van der Waals surface area contributed by atoms with Crippen molar-refractivity contribution in [2.45, 2.75) is 10.8 Å². The molecule has 0 aliphatic carbocycles.